The minimum absolute atomic E-state index is 0.0938. The molecular formula is C26H24F3N3O. The molecule has 2 aliphatic rings. The summed E-state index contributed by atoms with van der Waals surface area (Å²) in [6.07, 6.45) is 1.57. The molecule has 0 unspecified atom stereocenters. The van der Waals surface area contributed by atoms with E-state index in [1.807, 2.05) is 18.2 Å². The van der Waals surface area contributed by atoms with E-state index in [0.717, 1.165) is 50.2 Å². The predicted octanol–water partition coefficient (Wildman–Crippen LogP) is 5.69. The maximum absolute atomic E-state index is 14.2. The van der Waals surface area contributed by atoms with Crippen molar-refractivity contribution in [3.05, 3.63) is 95.3 Å². The van der Waals surface area contributed by atoms with Crippen molar-refractivity contribution >= 4 is 17.4 Å². The zero-order valence-corrected chi connectivity index (χ0v) is 18.0. The largest absolute Gasteiger partial charge is 0.326 e. The molecule has 2 amide bonds. The first kappa shape index (κ1) is 21.5. The Kier molecular flexibility index (Phi) is 5.58. The summed E-state index contributed by atoms with van der Waals surface area (Å²) in [4.78, 5) is 17.0. The van der Waals surface area contributed by atoms with Crippen molar-refractivity contribution in [1.29, 1.82) is 0 Å². The average Bonchev–Trinajstić information content (AvgIpc) is 3.11. The number of piperidine rings is 1. The second-order valence-corrected chi connectivity index (χ2v) is 8.84. The Bertz CT molecular complexity index is 1180. The van der Waals surface area contributed by atoms with E-state index in [1.165, 1.54) is 23.8 Å². The second-order valence-electron chi connectivity index (χ2n) is 8.84. The lowest BCUT2D eigenvalue weighted by molar-refractivity contribution is 0.160. The molecule has 3 aromatic carbocycles. The summed E-state index contributed by atoms with van der Waals surface area (Å²) in [5.41, 5.74) is 2.24. The van der Waals surface area contributed by atoms with Gasteiger partial charge in [-0.05, 0) is 67.4 Å². The third kappa shape index (κ3) is 4.20. The SMILES string of the molecule is O=C(Nc1ccc(F)cc1F)N1CC2(CCN(Cc3ccccc3)CC2)c2cc(F)ccc21. The third-order valence-electron chi connectivity index (χ3n) is 6.76. The monoisotopic (exact) mass is 451 g/mol. The van der Waals surface area contributed by atoms with E-state index in [4.69, 9.17) is 0 Å². The van der Waals surface area contributed by atoms with E-state index in [1.54, 1.807) is 11.0 Å². The van der Waals surface area contributed by atoms with Gasteiger partial charge in [0.25, 0.3) is 0 Å². The van der Waals surface area contributed by atoms with Crippen molar-refractivity contribution in [1.82, 2.24) is 4.90 Å². The number of nitrogens with zero attached hydrogens (tertiary/aromatic N) is 2. The molecule has 4 nitrogen and oxygen atoms in total. The number of carbonyl (C=O) groups excluding carboxylic acids is 1. The highest BCUT2D eigenvalue weighted by molar-refractivity contribution is 6.03. The fraction of sp³-hybridized carbons (Fsp3) is 0.269. The maximum Gasteiger partial charge on any atom is 0.326 e. The van der Waals surface area contributed by atoms with Gasteiger partial charge in [-0.25, -0.2) is 18.0 Å². The number of carbonyl (C=O) groups is 1. The number of hydrogen-bond donors (Lipinski definition) is 1. The van der Waals surface area contributed by atoms with E-state index in [9.17, 15) is 18.0 Å². The molecule has 1 N–H and O–H groups in total. The van der Waals surface area contributed by atoms with Gasteiger partial charge in [-0.2, -0.15) is 0 Å². The summed E-state index contributed by atoms with van der Waals surface area (Å²) in [6.45, 7) is 2.89. The number of urea groups is 1. The van der Waals surface area contributed by atoms with Crippen LogP contribution in [0, 0.1) is 17.5 Å². The van der Waals surface area contributed by atoms with Gasteiger partial charge in [0.1, 0.15) is 17.5 Å². The van der Waals surface area contributed by atoms with E-state index < -0.39 is 17.7 Å². The van der Waals surface area contributed by atoms with Crippen molar-refractivity contribution in [2.75, 3.05) is 29.9 Å². The normalized spacial score (nSPS) is 17.2. The number of nitrogens with one attached hydrogen (secondary N) is 1. The molecule has 2 aliphatic heterocycles. The summed E-state index contributed by atoms with van der Waals surface area (Å²) in [6, 6.07) is 17.2. The molecule has 3 aromatic rings. The van der Waals surface area contributed by atoms with Crippen LogP contribution in [-0.2, 0) is 12.0 Å². The molecule has 1 saturated heterocycles. The molecule has 2 heterocycles. The number of halogens is 3. The first-order chi connectivity index (χ1) is 15.9. The number of benzene rings is 3. The molecule has 170 valence electrons. The zero-order valence-electron chi connectivity index (χ0n) is 18.0. The fourth-order valence-corrected chi connectivity index (χ4v) is 5.00. The van der Waals surface area contributed by atoms with Gasteiger partial charge in [-0.3, -0.25) is 9.80 Å². The molecule has 0 saturated carbocycles. The number of fused-ring (bicyclic) bond motifs is 2. The highest BCUT2D eigenvalue weighted by atomic mass is 19.1. The zero-order chi connectivity index (χ0) is 23.0. The molecule has 33 heavy (non-hydrogen) atoms. The third-order valence-corrected chi connectivity index (χ3v) is 6.76. The standard InChI is InChI=1S/C26H24F3N3O/c27-19-7-9-24-21(14-19)26(10-12-31(13-11-26)16-18-4-2-1-3-5-18)17-32(24)25(33)30-23-8-6-20(28)15-22(23)29/h1-9,14-15H,10-13,16-17H2,(H,30,33). The Labute approximate surface area is 190 Å². The lowest BCUT2D eigenvalue weighted by atomic mass is 9.74. The van der Waals surface area contributed by atoms with Gasteiger partial charge in [-0.1, -0.05) is 30.3 Å². The second kappa shape index (κ2) is 8.56. The maximum atomic E-state index is 14.2. The van der Waals surface area contributed by atoms with E-state index in [2.05, 4.69) is 22.3 Å². The lowest BCUT2D eigenvalue weighted by Gasteiger charge is -2.40. The summed E-state index contributed by atoms with van der Waals surface area (Å²) in [7, 11) is 0. The Morgan fingerprint density at radius 2 is 1.61 bits per heavy atom. The first-order valence-corrected chi connectivity index (χ1v) is 11.0. The van der Waals surface area contributed by atoms with Gasteiger partial charge in [-0.15, -0.1) is 0 Å². The van der Waals surface area contributed by atoms with Crippen molar-refractivity contribution in [3.63, 3.8) is 0 Å². The van der Waals surface area contributed by atoms with Gasteiger partial charge in [0.15, 0.2) is 0 Å². The van der Waals surface area contributed by atoms with Crippen molar-refractivity contribution in [2.45, 2.75) is 24.8 Å². The number of rotatable bonds is 3. The molecule has 0 radical (unpaired) electrons. The molecule has 0 atom stereocenters. The van der Waals surface area contributed by atoms with Crippen LogP contribution in [0.15, 0.2) is 66.7 Å². The quantitative estimate of drug-likeness (QED) is 0.555. The van der Waals surface area contributed by atoms with Crippen molar-refractivity contribution in [2.24, 2.45) is 0 Å². The van der Waals surface area contributed by atoms with Crippen LogP contribution in [0.4, 0.5) is 29.3 Å². The average molecular weight is 451 g/mol. The molecule has 0 bridgehead atoms. The number of likely N-dealkylation sites (tertiary alicyclic amines) is 1. The Morgan fingerprint density at radius 3 is 2.33 bits per heavy atom. The van der Waals surface area contributed by atoms with Crippen LogP contribution in [-0.4, -0.2) is 30.6 Å². The minimum Gasteiger partial charge on any atom is -0.305 e. The predicted molar refractivity (Wildman–Crippen MR) is 122 cm³/mol. The molecule has 5 rings (SSSR count). The van der Waals surface area contributed by atoms with Crippen LogP contribution in [0.1, 0.15) is 24.0 Å². The van der Waals surface area contributed by atoms with E-state index in [0.29, 0.717) is 12.2 Å². The molecule has 1 fully saturated rings. The van der Waals surface area contributed by atoms with Crippen LogP contribution in [0.2, 0.25) is 0 Å². The van der Waals surface area contributed by atoms with Crippen LogP contribution in [0.3, 0.4) is 0 Å². The van der Waals surface area contributed by atoms with E-state index in [-0.39, 0.29) is 16.9 Å². The number of hydrogen-bond acceptors (Lipinski definition) is 2. The molecule has 7 heteroatoms. The molecule has 0 aromatic heterocycles. The lowest BCUT2D eigenvalue weighted by Crippen LogP contribution is -2.46. The molecule has 0 aliphatic carbocycles. The summed E-state index contributed by atoms with van der Waals surface area (Å²) < 4.78 is 41.5. The molecule has 1 spiro atoms. The van der Waals surface area contributed by atoms with Crippen LogP contribution in [0.25, 0.3) is 0 Å². The van der Waals surface area contributed by atoms with Gasteiger partial charge in [0.2, 0.25) is 0 Å². The van der Waals surface area contributed by atoms with Crippen LogP contribution in [0.5, 0.6) is 0 Å². The Balaban J connectivity index is 1.36. The van der Waals surface area contributed by atoms with E-state index >= 15 is 0 Å². The van der Waals surface area contributed by atoms with Crippen molar-refractivity contribution in [3.8, 4) is 0 Å². The van der Waals surface area contributed by atoms with Crippen LogP contribution >= 0.6 is 0 Å². The summed E-state index contributed by atoms with van der Waals surface area (Å²) >= 11 is 0. The summed E-state index contributed by atoms with van der Waals surface area (Å²) in [5, 5.41) is 2.54. The highest BCUT2D eigenvalue weighted by Crippen LogP contribution is 2.47. The Hall–Kier alpha value is -3.32. The van der Waals surface area contributed by atoms with Gasteiger partial charge >= 0.3 is 6.03 Å². The van der Waals surface area contributed by atoms with Crippen molar-refractivity contribution < 1.29 is 18.0 Å². The summed E-state index contributed by atoms with van der Waals surface area (Å²) in [5.74, 6) is -1.90. The highest BCUT2D eigenvalue weighted by Gasteiger charge is 2.46. The number of amides is 2. The minimum atomic E-state index is -0.842. The first-order valence-electron chi connectivity index (χ1n) is 11.0. The smallest absolute Gasteiger partial charge is 0.305 e. The number of anilines is 2. The van der Waals surface area contributed by atoms with Crippen LogP contribution < -0.4 is 10.2 Å². The van der Waals surface area contributed by atoms with Gasteiger partial charge in [0.05, 0.1) is 5.69 Å². The van der Waals surface area contributed by atoms with Gasteiger partial charge < -0.3 is 5.32 Å². The molecular weight excluding hydrogens is 427 g/mol. The van der Waals surface area contributed by atoms with Gasteiger partial charge in [0, 0.05) is 30.3 Å². The Morgan fingerprint density at radius 1 is 0.909 bits per heavy atom. The topological polar surface area (TPSA) is 35.6 Å². The fourth-order valence-electron chi connectivity index (χ4n) is 5.00.